The molecule has 8 heteroatoms. The number of nitrogens with zero attached hydrogens (tertiary/aromatic N) is 3. The van der Waals surface area contributed by atoms with E-state index in [1.807, 2.05) is 30.2 Å². The summed E-state index contributed by atoms with van der Waals surface area (Å²) in [4.78, 5) is 12.3. The van der Waals surface area contributed by atoms with Gasteiger partial charge in [0.1, 0.15) is 5.82 Å². The molecule has 6 nitrogen and oxygen atoms in total. The van der Waals surface area contributed by atoms with Gasteiger partial charge in [-0.25, -0.2) is 14.4 Å². The number of aliphatic imine (C=N–C) groups is 1. The van der Waals surface area contributed by atoms with Crippen molar-refractivity contribution in [2.24, 2.45) is 4.99 Å². The Morgan fingerprint density at radius 2 is 2.10 bits per heavy atom. The van der Waals surface area contributed by atoms with Crippen LogP contribution in [-0.2, 0) is 19.4 Å². The van der Waals surface area contributed by atoms with Crippen LogP contribution in [0.4, 0.5) is 10.1 Å². The second-order valence-electron chi connectivity index (χ2n) is 7.45. The maximum atomic E-state index is 14.6. The Morgan fingerprint density at radius 1 is 1.30 bits per heavy atom. The van der Waals surface area contributed by atoms with Gasteiger partial charge in [-0.1, -0.05) is 13.0 Å². The zero-order chi connectivity index (χ0) is 21.3. The second-order valence-corrected chi connectivity index (χ2v) is 8.65. The van der Waals surface area contributed by atoms with E-state index in [-0.39, 0.29) is 11.9 Å². The first-order valence-corrected chi connectivity index (χ1v) is 11.6. The minimum Gasteiger partial charge on any atom is -0.393 e. The molecule has 0 unspecified atom stereocenters. The summed E-state index contributed by atoms with van der Waals surface area (Å²) in [6.45, 7) is 7.44. The number of aryl methyl sites for hydroxylation is 1. The Morgan fingerprint density at radius 3 is 2.77 bits per heavy atom. The van der Waals surface area contributed by atoms with Crippen LogP contribution in [-0.4, -0.2) is 48.3 Å². The molecule has 3 rings (SSSR count). The molecule has 0 saturated carbocycles. The topological polar surface area (TPSA) is 72.8 Å². The fourth-order valence-electron chi connectivity index (χ4n) is 3.44. The van der Waals surface area contributed by atoms with Crippen LogP contribution >= 0.6 is 11.3 Å². The van der Waals surface area contributed by atoms with Crippen molar-refractivity contribution in [2.75, 3.05) is 31.1 Å². The number of piperidine rings is 1. The third kappa shape index (κ3) is 6.40. The maximum Gasteiger partial charge on any atom is 0.191 e. The molecular formula is C22H32FN5OS. The maximum absolute atomic E-state index is 14.6. The van der Waals surface area contributed by atoms with E-state index >= 15 is 0 Å². The zero-order valence-electron chi connectivity index (χ0n) is 17.8. The first-order valence-electron chi connectivity index (χ1n) is 10.8. The predicted octanol–water partition coefficient (Wildman–Crippen LogP) is 3.10. The highest BCUT2D eigenvalue weighted by atomic mass is 32.1. The summed E-state index contributed by atoms with van der Waals surface area (Å²) in [6.07, 6.45) is 4.92. The van der Waals surface area contributed by atoms with Gasteiger partial charge in [0.2, 0.25) is 0 Å². The molecule has 1 saturated heterocycles. The lowest BCUT2D eigenvalue weighted by molar-refractivity contribution is 0.145. The minimum atomic E-state index is -0.265. The molecule has 2 aromatic rings. The summed E-state index contributed by atoms with van der Waals surface area (Å²) >= 11 is 1.75. The molecule has 0 aliphatic carbocycles. The van der Waals surface area contributed by atoms with E-state index in [0.717, 1.165) is 42.5 Å². The highest BCUT2D eigenvalue weighted by Gasteiger charge is 2.19. The molecule has 2 heterocycles. The molecule has 164 valence electrons. The number of halogens is 1. The lowest BCUT2D eigenvalue weighted by atomic mass is 10.1. The number of hydrogen-bond acceptors (Lipinski definition) is 5. The number of aliphatic hydroxyl groups is 1. The van der Waals surface area contributed by atoms with Crippen LogP contribution in [0.2, 0.25) is 0 Å². The summed E-state index contributed by atoms with van der Waals surface area (Å²) in [7, 11) is 0. The number of rotatable bonds is 8. The summed E-state index contributed by atoms with van der Waals surface area (Å²) in [6, 6.07) is 5.32. The Hall–Kier alpha value is -2.19. The van der Waals surface area contributed by atoms with Gasteiger partial charge in [-0.2, -0.15) is 0 Å². The van der Waals surface area contributed by atoms with Crippen LogP contribution in [0.25, 0.3) is 0 Å². The summed E-state index contributed by atoms with van der Waals surface area (Å²) in [5, 5.41) is 17.3. The minimum absolute atomic E-state index is 0.229. The average Bonchev–Trinajstić information content (AvgIpc) is 3.21. The standard InChI is InChI=1S/C22H32FN5OS/c1-3-18-15-26-21(30-18)7-10-25-22(24-4-2)27-14-16-5-6-20(19(23)13-16)28-11-8-17(29)9-12-28/h5-6,13,15,17,29H,3-4,7-12,14H2,1-2H3,(H2,24,25,27). The molecule has 3 N–H and O–H groups in total. The summed E-state index contributed by atoms with van der Waals surface area (Å²) < 4.78 is 14.6. The van der Waals surface area contributed by atoms with E-state index in [9.17, 15) is 9.50 Å². The van der Waals surface area contributed by atoms with Gasteiger partial charge >= 0.3 is 0 Å². The van der Waals surface area contributed by atoms with E-state index < -0.39 is 0 Å². The van der Waals surface area contributed by atoms with Gasteiger partial charge in [0.15, 0.2) is 5.96 Å². The lowest BCUT2D eigenvalue weighted by Gasteiger charge is -2.31. The number of aromatic nitrogens is 1. The van der Waals surface area contributed by atoms with Crippen LogP contribution in [0.5, 0.6) is 0 Å². The molecule has 0 bridgehead atoms. The van der Waals surface area contributed by atoms with Crippen molar-refractivity contribution in [2.45, 2.75) is 52.2 Å². The highest BCUT2D eigenvalue weighted by molar-refractivity contribution is 7.11. The third-order valence-electron chi connectivity index (χ3n) is 5.16. The van der Waals surface area contributed by atoms with Crippen LogP contribution < -0.4 is 15.5 Å². The van der Waals surface area contributed by atoms with Crippen molar-refractivity contribution in [1.29, 1.82) is 0 Å². The molecule has 0 atom stereocenters. The lowest BCUT2D eigenvalue weighted by Crippen LogP contribution is -2.38. The fourth-order valence-corrected chi connectivity index (χ4v) is 4.30. The van der Waals surface area contributed by atoms with Gasteiger partial charge in [0, 0.05) is 43.7 Å². The largest absolute Gasteiger partial charge is 0.393 e. The molecule has 0 radical (unpaired) electrons. The van der Waals surface area contributed by atoms with Crippen molar-refractivity contribution < 1.29 is 9.50 Å². The van der Waals surface area contributed by atoms with E-state index in [1.165, 1.54) is 4.88 Å². The molecule has 1 aliphatic rings. The van der Waals surface area contributed by atoms with Crippen LogP contribution in [0.1, 0.15) is 42.1 Å². The number of aliphatic hydroxyl groups excluding tert-OH is 1. The average molecular weight is 434 g/mol. The molecule has 0 spiro atoms. The Balaban J connectivity index is 1.55. The molecule has 1 fully saturated rings. The van der Waals surface area contributed by atoms with E-state index in [0.29, 0.717) is 38.2 Å². The summed E-state index contributed by atoms with van der Waals surface area (Å²) in [5.41, 5.74) is 1.44. The second kappa shape index (κ2) is 11.3. The van der Waals surface area contributed by atoms with Crippen molar-refractivity contribution in [3.63, 3.8) is 0 Å². The number of thiazole rings is 1. The van der Waals surface area contributed by atoms with Crippen LogP contribution in [0.15, 0.2) is 29.4 Å². The fraction of sp³-hybridized carbons (Fsp3) is 0.545. The quantitative estimate of drug-likeness (QED) is 0.441. The first kappa shape index (κ1) is 22.5. The first-order chi connectivity index (χ1) is 14.6. The molecule has 30 heavy (non-hydrogen) atoms. The van der Waals surface area contributed by atoms with E-state index in [2.05, 4.69) is 27.5 Å². The third-order valence-corrected chi connectivity index (χ3v) is 6.36. The molecular weight excluding hydrogens is 401 g/mol. The monoisotopic (exact) mass is 433 g/mol. The van der Waals surface area contributed by atoms with Crippen molar-refractivity contribution >= 4 is 23.0 Å². The molecule has 1 aromatic heterocycles. The van der Waals surface area contributed by atoms with Crippen molar-refractivity contribution in [3.05, 3.63) is 45.7 Å². The van der Waals surface area contributed by atoms with Crippen molar-refractivity contribution in [3.8, 4) is 0 Å². The number of hydrogen-bond donors (Lipinski definition) is 3. The number of guanidine groups is 1. The van der Waals surface area contributed by atoms with Gasteiger partial charge in [0.05, 0.1) is 23.3 Å². The summed E-state index contributed by atoms with van der Waals surface area (Å²) in [5.74, 6) is 0.492. The normalized spacial score (nSPS) is 15.5. The highest BCUT2D eigenvalue weighted by Crippen LogP contribution is 2.24. The Labute approximate surface area is 182 Å². The molecule has 1 aliphatic heterocycles. The number of nitrogens with one attached hydrogen (secondary N) is 2. The van der Waals surface area contributed by atoms with Gasteiger partial charge in [-0.15, -0.1) is 11.3 Å². The number of benzene rings is 1. The van der Waals surface area contributed by atoms with Gasteiger partial charge < -0.3 is 20.6 Å². The van der Waals surface area contributed by atoms with Crippen molar-refractivity contribution in [1.82, 2.24) is 15.6 Å². The SMILES string of the molecule is CCNC(=NCc1ccc(N2CCC(O)CC2)c(F)c1)NCCc1ncc(CC)s1. The van der Waals surface area contributed by atoms with E-state index in [1.54, 1.807) is 17.4 Å². The predicted molar refractivity (Wildman–Crippen MR) is 122 cm³/mol. The molecule has 1 aromatic carbocycles. The Kier molecular flexibility index (Phi) is 8.45. The number of anilines is 1. The van der Waals surface area contributed by atoms with Gasteiger partial charge in [-0.05, 0) is 43.9 Å². The smallest absolute Gasteiger partial charge is 0.191 e. The van der Waals surface area contributed by atoms with Crippen LogP contribution in [0.3, 0.4) is 0 Å². The van der Waals surface area contributed by atoms with Crippen LogP contribution in [0, 0.1) is 5.82 Å². The Bertz CT molecular complexity index is 833. The van der Waals surface area contributed by atoms with E-state index in [4.69, 9.17) is 0 Å². The zero-order valence-corrected chi connectivity index (χ0v) is 18.6. The molecule has 0 amide bonds. The van der Waals surface area contributed by atoms with Gasteiger partial charge in [-0.3, -0.25) is 0 Å². The van der Waals surface area contributed by atoms with Gasteiger partial charge in [0.25, 0.3) is 0 Å².